The van der Waals surface area contributed by atoms with Crippen molar-refractivity contribution in [2.24, 2.45) is 0 Å². The Bertz CT molecular complexity index is 1370. The van der Waals surface area contributed by atoms with E-state index in [0.29, 0.717) is 28.6 Å². The van der Waals surface area contributed by atoms with Crippen LogP contribution in [0.2, 0.25) is 0 Å². The molecule has 31 heavy (non-hydrogen) atoms. The molecule has 4 aromatic rings. The molecule has 8 nitrogen and oxygen atoms in total. The van der Waals surface area contributed by atoms with E-state index in [4.69, 9.17) is 5.73 Å². The lowest BCUT2D eigenvalue weighted by Gasteiger charge is -2.13. The standard InChI is InChI=1S/C20H18F2N6O2S/c1-2-7-31(29,30)27-15-4-3-14(21)20(18(15)22)28-10-13(12-8-24-11-25-9-12)19-16(28)5-6-17(23)26-19/h3-6,8-11,27H,2,7H2,1H3,(H2,23,26). The van der Waals surface area contributed by atoms with Gasteiger partial charge in [-0.2, -0.15) is 0 Å². The highest BCUT2D eigenvalue weighted by Crippen LogP contribution is 2.34. The molecule has 0 aliphatic carbocycles. The van der Waals surface area contributed by atoms with Crippen molar-refractivity contribution in [2.45, 2.75) is 13.3 Å². The Morgan fingerprint density at radius 2 is 1.87 bits per heavy atom. The molecular formula is C20H18F2N6O2S. The Morgan fingerprint density at radius 1 is 1.13 bits per heavy atom. The van der Waals surface area contributed by atoms with Gasteiger partial charge in [0.25, 0.3) is 0 Å². The van der Waals surface area contributed by atoms with Gasteiger partial charge in [0.15, 0.2) is 5.82 Å². The molecule has 3 N–H and O–H groups in total. The first-order valence-corrected chi connectivity index (χ1v) is 11.0. The molecule has 0 unspecified atom stereocenters. The normalized spacial score (nSPS) is 11.7. The SMILES string of the molecule is CCCS(=O)(=O)Nc1ccc(F)c(-n2cc(-c3cncnc3)c3nc(N)ccc32)c1F. The molecule has 0 spiro atoms. The fourth-order valence-electron chi connectivity index (χ4n) is 3.28. The van der Waals surface area contributed by atoms with Crippen LogP contribution < -0.4 is 10.5 Å². The van der Waals surface area contributed by atoms with Crippen molar-refractivity contribution in [2.75, 3.05) is 16.2 Å². The lowest BCUT2D eigenvalue weighted by atomic mass is 10.1. The number of rotatable bonds is 6. The Labute approximate surface area is 176 Å². The van der Waals surface area contributed by atoms with Crippen molar-refractivity contribution in [1.82, 2.24) is 19.5 Å². The molecule has 0 saturated heterocycles. The number of sulfonamides is 1. The zero-order valence-corrected chi connectivity index (χ0v) is 17.2. The monoisotopic (exact) mass is 444 g/mol. The zero-order valence-electron chi connectivity index (χ0n) is 16.4. The van der Waals surface area contributed by atoms with Crippen LogP contribution in [0.15, 0.2) is 49.2 Å². The number of pyridine rings is 1. The molecule has 0 aliphatic heterocycles. The number of hydrogen-bond acceptors (Lipinski definition) is 6. The molecule has 0 atom stereocenters. The number of benzene rings is 1. The molecule has 4 rings (SSSR count). The van der Waals surface area contributed by atoms with Crippen LogP contribution >= 0.6 is 0 Å². The van der Waals surface area contributed by atoms with E-state index in [-0.39, 0.29) is 17.3 Å². The maximum Gasteiger partial charge on any atom is 0.232 e. The smallest absolute Gasteiger partial charge is 0.232 e. The van der Waals surface area contributed by atoms with Crippen LogP contribution in [0.25, 0.3) is 27.8 Å². The number of nitrogens with zero attached hydrogens (tertiary/aromatic N) is 4. The van der Waals surface area contributed by atoms with Crippen molar-refractivity contribution in [3.05, 3.63) is 60.8 Å². The summed E-state index contributed by atoms with van der Waals surface area (Å²) < 4.78 is 57.8. The van der Waals surface area contributed by atoms with Gasteiger partial charge in [0, 0.05) is 29.7 Å². The summed E-state index contributed by atoms with van der Waals surface area (Å²) in [5.74, 6) is -1.89. The van der Waals surface area contributed by atoms with Crippen molar-refractivity contribution in [3.8, 4) is 16.8 Å². The van der Waals surface area contributed by atoms with Crippen molar-refractivity contribution in [3.63, 3.8) is 0 Å². The summed E-state index contributed by atoms with van der Waals surface area (Å²) in [7, 11) is -3.77. The van der Waals surface area contributed by atoms with Crippen LogP contribution in [0.1, 0.15) is 13.3 Å². The average Bonchev–Trinajstić information content (AvgIpc) is 3.09. The van der Waals surface area contributed by atoms with Crippen molar-refractivity contribution >= 4 is 32.6 Å². The number of anilines is 2. The molecule has 3 aromatic heterocycles. The fraction of sp³-hybridized carbons (Fsp3) is 0.150. The first kappa shape index (κ1) is 20.7. The fourth-order valence-corrected chi connectivity index (χ4v) is 4.41. The van der Waals surface area contributed by atoms with Gasteiger partial charge in [0.1, 0.15) is 23.6 Å². The van der Waals surface area contributed by atoms with Crippen LogP contribution in [-0.2, 0) is 10.0 Å². The summed E-state index contributed by atoms with van der Waals surface area (Å²) in [4.78, 5) is 12.3. The van der Waals surface area contributed by atoms with Crippen LogP contribution in [0.4, 0.5) is 20.3 Å². The molecular weight excluding hydrogens is 426 g/mol. The predicted molar refractivity (Wildman–Crippen MR) is 114 cm³/mol. The maximum atomic E-state index is 15.4. The summed E-state index contributed by atoms with van der Waals surface area (Å²) in [5, 5.41) is 0. The number of nitrogens with one attached hydrogen (secondary N) is 1. The molecule has 0 amide bonds. The molecule has 0 aliphatic rings. The lowest BCUT2D eigenvalue weighted by Crippen LogP contribution is -2.18. The minimum atomic E-state index is -3.77. The summed E-state index contributed by atoms with van der Waals surface area (Å²) in [6, 6.07) is 5.14. The Hall–Kier alpha value is -3.60. The minimum absolute atomic E-state index is 0.188. The number of aromatic nitrogens is 4. The molecule has 0 radical (unpaired) electrons. The van der Waals surface area contributed by atoms with Crippen molar-refractivity contribution in [1.29, 1.82) is 0 Å². The molecule has 1 aromatic carbocycles. The Kier molecular flexibility index (Phi) is 5.27. The second-order valence-electron chi connectivity index (χ2n) is 6.82. The number of nitrogens with two attached hydrogens (primary N) is 1. The van der Waals surface area contributed by atoms with E-state index in [1.54, 1.807) is 25.4 Å². The van der Waals surface area contributed by atoms with Gasteiger partial charge in [-0.1, -0.05) is 6.92 Å². The summed E-state index contributed by atoms with van der Waals surface area (Å²) in [5.41, 5.74) is 6.88. The quantitative estimate of drug-likeness (QED) is 0.470. The van der Waals surface area contributed by atoms with Crippen LogP contribution in [-0.4, -0.2) is 33.7 Å². The van der Waals surface area contributed by atoms with E-state index >= 15 is 4.39 Å². The van der Waals surface area contributed by atoms with Gasteiger partial charge in [-0.15, -0.1) is 0 Å². The highest BCUT2D eigenvalue weighted by atomic mass is 32.2. The number of halogens is 2. The molecule has 0 saturated carbocycles. The largest absolute Gasteiger partial charge is 0.384 e. The van der Waals surface area contributed by atoms with Gasteiger partial charge in [-0.05, 0) is 30.7 Å². The lowest BCUT2D eigenvalue weighted by molar-refractivity contribution is 0.572. The molecule has 0 fully saturated rings. The van der Waals surface area contributed by atoms with Gasteiger partial charge in [-0.25, -0.2) is 32.2 Å². The summed E-state index contributed by atoms with van der Waals surface area (Å²) in [6.45, 7) is 1.69. The van der Waals surface area contributed by atoms with Crippen molar-refractivity contribution < 1.29 is 17.2 Å². The van der Waals surface area contributed by atoms with Gasteiger partial charge in [0.05, 0.1) is 22.5 Å². The topological polar surface area (TPSA) is 116 Å². The Morgan fingerprint density at radius 3 is 2.58 bits per heavy atom. The van der Waals surface area contributed by atoms with Crippen LogP contribution in [0.5, 0.6) is 0 Å². The highest BCUT2D eigenvalue weighted by Gasteiger charge is 2.22. The van der Waals surface area contributed by atoms with Gasteiger partial charge >= 0.3 is 0 Å². The third-order valence-corrected chi connectivity index (χ3v) is 6.06. The second-order valence-corrected chi connectivity index (χ2v) is 8.66. The van der Waals surface area contributed by atoms with E-state index in [1.165, 1.54) is 23.2 Å². The summed E-state index contributed by atoms with van der Waals surface area (Å²) >= 11 is 0. The first-order valence-electron chi connectivity index (χ1n) is 9.32. The van der Waals surface area contributed by atoms with E-state index in [2.05, 4.69) is 19.7 Å². The van der Waals surface area contributed by atoms with Gasteiger partial charge < -0.3 is 10.3 Å². The van der Waals surface area contributed by atoms with E-state index < -0.39 is 27.3 Å². The van der Waals surface area contributed by atoms with Gasteiger partial charge in [0.2, 0.25) is 10.0 Å². The van der Waals surface area contributed by atoms with Crippen LogP contribution in [0.3, 0.4) is 0 Å². The van der Waals surface area contributed by atoms with Crippen LogP contribution in [0, 0.1) is 11.6 Å². The van der Waals surface area contributed by atoms with E-state index in [1.807, 2.05) is 0 Å². The average molecular weight is 444 g/mol. The maximum absolute atomic E-state index is 15.4. The zero-order chi connectivity index (χ0) is 22.2. The number of hydrogen-bond donors (Lipinski definition) is 2. The number of fused-ring (bicyclic) bond motifs is 1. The number of nitrogen functional groups attached to an aromatic ring is 1. The molecule has 0 bridgehead atoms. The second kappa shape index (κ2) is 7.91. The first-order chi connectivity index (χ1) is 14.8. The Balaban J connectivity index is 1.95. The summed E-state index contributed by atoms with van der Waals surface area (Å²) in [6.07, 6.45) is 6.28. The third kappa shape index (κ3) is 3.91. The molecule has 3 heterocycles. The predicted octanol–water partition coefficient (Wildman–Crippen LogP) is 3.49. The highest BCUT2D eigenvalue weighted by molar-refractivity contribution is 7.92. The molecule has 160 valence electrons. The van der Waals surface area contributed by atoms with E-state index in [9.17, 15) is 12.8 Å². The molecule has 11 heteroatoms. The van der Waals surface area contributed by atoms with E-state index in [0.717, 1.165) is 12.1 Å². The van der Waals surface area contributed by atoms with Gasteiger partial charge in [-0.3, -0.25) is 4.72 Å². The minimum Gasteiger partial charge on any atom is -0.384 e. The third-order valence-electron chi connectivity index (χ3n) is 4.59.